The molecule has 2 aromatic carbocycles. The van der Waals surface area contributed by atoms with Gasteiger partial charge >= 0.3 is 5.97 Å². The SMILES string of the molecule is CCOC(=O)c1ccc2[nH]nc3c2c1Nc1ccccc1-3. The molecule has 1 aromatic heterocycles. The molecule has 1 aliphatic rings. The Kier molecular flexibility index (Phi) is 2.47. The second kappa shape index (κ2) is 4.34. The van der Waals surface area contributed by atoms with Crippen LogP contribution in [0.25, 0.3) is 22.2 Å². The summed E-state index contributed by atoms with van der Waals surface area (Å²) in [6, 6.07) is 11.5. The Bertz CT molecular complexity index is 867. The number of hydrogen-bond donors (Lipinski definition) is 2. The monoisotopic (exact) mass is 279 g/mol. The molecule has 5 heteroatoms. The fourth-order valence-corrected chi connectivity index (χ4v) is 2.75. The number of fused-ring (bicyclic) bond motifs is 2. The van der Waals surface area contributed by atoms with Crippen molar-refractivity contribution in [2.45, 2.75) is 6.92 Å². The van der Waals surface area contributed by atoms with Crippen molar-refractivity contribution in [2.24, 2.45) is 0 Å². The van der Waals surface area contributed by atoms with E-state index in [1.807, 2.05) is 30.3 Å². The molecule has 0 radical (unpaired) electrons. The summed E-state index contributed by atoms with van der Waals surface area (Å²) in [5.41, 5.74) is 5.01. The number of H-pyrrole nitrogens is 1. The third-order valence-electron chi connectivity index (χ3n) is 3.67. The first-order valence-corrected chi connectivity index (χ1v) is 6.84. The van der Waals surface area contributed by atoms with Gasteiger partial charge in [-0.15, -0.1) is 0 Å². The zero-order chi connectivity index (χ0) is 14.4. The van der Waals surface area contributed by atoms with Crippen molar-refractivity contribution >= 4 is 28.2 Å². The first-order valence-electron chi connectivity index (χ1n) is 6.84. The van der Waals surface area contributed by atoms with Crippen molar-refractivity contribution in [3.05, 3.63) is 42.0 Å². The molecule has 0 unspecified atom stereocenters. The van der Waals surface area contributed by atoms with Crippen LogP contribution in [0.2, 0.25) is 0 Å². The summed E-state index contributed by atoms with van der Waals surface area (Å²) in [5.74, 6) is -0.326. The first kappa shape index (κ1) is 12.0. The minimum absolute atomic E-state index is 0.326. The van der Waals surface area contributed by atoms with Crippen molar-refractivity contribution in [3.63, 3.8) is 0 Å². The Labute approximate surface area is 120 Å². The Morgan fingerprint density at radius 1 is 1.24 bits per heavy atom. The van der Waals surface area contributed by atoms with Gasteiger partial charge in [-0.05, 0) is 25.1 Å². The van der Waals surface area contributed by atoms with Crippen LogP contribution in [0.4, 0.5) is 11.4 Å². The second-order valence-electron chi connectivity index (χ2n) is 4.87. The molecule has 104 valence electrons. The van der Waals surface area contributed by atoms with E-state index in [1.165, 1.54) is 0 Å². The lowest BCUT2D eigenvalue weighted by atomic mass is 9.97. The number of benzene rings is 2. The van der Waals surface area contributed by atoms with Crippen LogP contribution in [0.3, 0.4) is 0 Å². The number of rotatable bonds is 2. The van der Waals surface area contributed by atoms with Gasteiger partial charge in [0.15, 0.2) is 0 Å². The van der Waals surface area contributed by atoms with E-state index in [4.69, 9.17) is 4.74 Å². The molecule has 0 spiro atoms. The van der Waals surface area contributed by atoms with Crippen molar-refractivity contribution < 1.29 is 9.53 Å². The lowest BCUT2D eigenvalue weighted by molar-refractivity contribution is 0.0527. The molecular weight excluding hydrogens is 266 g/mol. The number of nitrogens with zero attached hydrogens (tertiary/aromatic N) is 1. The van der Waals surface area contributed by atoms with Gasteiger partial charge in [0, 0.05) is 11.3 Å². The standard InChI is InChI=1S/C16H13N3O2/c1-2-21-16(20)10-7-8-12-13-14(10)17-11-6-4-3-5-9(11)15(13)19-18-12/h3-8,17H,2H2,1H3,(H,18,19). The van der Waals surface area contributed by atoms with Crippen LogP contribution in [0.15, 0.2) is 36.4 Å². The minimum atomic E-state index is -0.326. The summed E-state index contributed by atoms with van der Waals surface area (Å²) in [4.78, 5) is 12.1. The maximum atomic E-state index is 12.1. The Hall–Kier alpha value is -2.82. The van der Waals surface area contributed by atoms with Crippen molar-refractivity contribution in [2.75, 3.05) is 11.9 Å². The number of para-hydroxylation sites is 1. The number of ether oxygens (including phenoxy) is 1. The van der Waals surface area contributed by atoms with E-state index in [-0.39, 0.29) is 5.97 Å². The third kappa shape index (κ3) is 1.64. The molecule has 0 saturated carbocycles. The predicted octanol–water partition coefficient (Wildman–Crippen LogP) is 3.46. The van der Waals surface area contributed by atoms with Crippen LogP contribution in [0, 0.1) is 0 Å². The van der Waals surface area contributed by atoms with Gasteiger partial charge in [0.25, 0.3) is 0 Å². The van der Waals surface area contributed by atoms with Crippen LogP contribution in [0.5, 0.6) is 0 Å². The molecular formula is C16H13N3O2. The molecule has 4 rings (SSSR count). The average molecular weight is 279 g/mol. The topological polar surface area (TPSA) is 67.0 Å². The minimum Gasteiger partial charge on any atom is -0.462 e. The fraction of sp³-hybridized carbons (Fsp3) is 0.125. The van der Waals surface area contributed by atoms with Crippen LogP contribution in [-0.2, 0) is 4.74 Å². The highest BCUT2D eigenvalue weighted by Gasteiger charge is 2.25. The van der Waals surface area contributed by atoms with Gasteiger partial charge in [-0.3, -0.25) is 5.10 Å². The maximum Gasteiger partial charge on any atom is 0.340 e. The summed E-state index contributed by atoms with van der Waals surface area (Å²) in [7, 11) is 0. The van der Waals surface area contributed by atoms with Crippen LogP contribution < -0.4 is 5.32 Å². The number of nitrogens with one attached hydrogen (secondary N) is 2. The fourth-order valence-electron chi connectivity index (χ4n) is 2.75. The zero-order valence-corrected chi connectivity index (χ0v) is 11.4. The Morgan fingerprint density at radius 2 is 2.10 bits per heavy atom. The summed E-state index contributed by atoms with van der Waals surface area (Å²) in [6.45, 7) is 2.15. The number of esters is 1. The molecule has 0 saturated heterocycles. The summed E-state index contributed by atoms with van der Waals surface area (Å²) < 4.78 is 5.14. The third-order valence-corrected chi connectivity index (χ3v) is 3.67. The molecule has 0 atom stereocenters. The van der Waals surface area contributed by atoms with Crippen LogP contribution in [-0.4, -0.2) is 22.8 Å². The molecule has 0 amide bonds. The molecule has 0 aliphatic carbocycles. The number of carbonyl (C=O) groups is 1. The van der Waals surface area contributed by atoms with E-state index in [0.717, 1.165) is 33.5 Å². The van der Waals surface area contributed by atoms with E-state index in [2.05, 4.69) is 15.5 Å². The summed E-state index contributed by atoms with van der Waals surface area (Å²) in [6.07, 6.45) is 0. The molecule has 3 aromatic rings. The molecule has 21 heavy (non-hydrogen) atoms. The van der Waals surface area contributed by atoms with Crippen molar-refractivity contribution in [3.8, 4) is 11.3 Å². The van der Waals surface area contributed by atoms with E-state index in [1.54, 1.807) is 13.0 Å². The van der Waals surface area contributed by atoms with E-state index in [0.29, 0.717) is 12.2 Å². The lowest BCUT2D eigenvalue weighted by Gasteiger charge is -2.20. The van der Waals surface area contributed by atoms with Crippen molar-refractivity contribution in [1.82, 2.24) is 10.2 Å². The Morgan fingerprint density at radius 3 is 2.95 bits per heavy atom. The molecule has 2 heterocycles. The molecule has 1 aliphatic heterocycles. The zero-order valence-electron chi connectivity index (χ0n) is 11.4. The van der Waals surface area contributed by atoms with E-state index >= 15 is 0 Å². The van der Waals surface area contributed by atoms with Gasteiger partial charge in [0.05, 0.1) is 28.8 Å². The average Bonchev–Trinajstić information content (AvgIpc) is 2.93. The highest BCUT2D eigenvalue weighted by molar-refractivity contribution is 6.15. The van der Waals surface area contributed by atoms with Gasteiger partial charge in [-0.25, -0.2) is 4.79 Å². The smallest absolute Gasteiger partial charge is 0.340 e. The van der Waals surface area contributed by atoms with Gasteiger partial charge in [0.1, 0.15) is 5.69 Å². The Balaban J connectivity index is 2.01. The van der Waals surface area contributed by atoms with Gasteiger partial charge in [-0.1, -0.05) is 18.2 Å². The quantitative estimate of drug-likeness (QED) is 0.551. The van der Waals surface area contributed by atoms with Gasteiger partial charge < -0.3 is 10.1 Å². The lowest BCUT2D eigenvalue weighted by Crippen LogP contribution is -2.10. The predicted molar refractivity (Wildman–Crippen MR) is 80.8 cm³/mol. The first-order chi connectivity index (χ1) is 10.3. The molecule has 0 fully saturated rings. The highest BCUT2D eigenvalue weighted by Crippen LogP contribution is 2.43. The molecule has 5 nitrogen and oxygen atoms in total. The number of hydrogen-bond acceptors (Lipinski definition) is 4. The van der Waals surface area contributed by atoms with E-state index < -0.39 is 0 Å². The number of anilines is 2. The maximum absolute atomic E-state index is 12.1. The van der Waals surface area contributed by atoms with Crippen molar-refractivity contribution in [1.29, 1.82) is 0 Å². The van der Waals surface area contributed by atoms with Gasteiger partial charge in [0.2, 0.25) is 0 Å². The number of carbonyl (C=O) groups excluding carboxylic acids is 1. The number of aromatic amines is 1. The summed E-state index contributed by atoms with van der Waals surface area (Å²) in [5, 5.41) is 11.7. The van der Waals surface area contributed by atoms with Gasteiger partial charge in [-0.2, -0.15) is 5.10 Å². The molecule has 2 N–H and O–H groups in total. The number of aromatic nitrogens is 2. The summed E-state index contributed by atoms with van der Waals surface area (Å²) >= 11 is 0. The molecule has 0 bridgehead atoms. The van der Waals surface area contributed by atoms with Crippen LogP contribution in [0.1, 0.15) is 17.3 Å². The van der Waals surface area contributed by atoms with Crippen LogP contribution >= 0.6 is 0 Å². The van der Waals surface area contributed by atoms with E-state index in [9.17, 15) is 4.79 Å². The largest absolute Gasteiger partial charge is 0.462 e. The normalized spacial score (nSPS) is 11.9. The highest BCUT2D eigenvalue weighted by atomic mass is 16.5. The second-order valence-corrected chi connectivity index (χ2v) is 4.87.